The summed E-state index contributed by atoms with van der Waals surface area (Å²) in [4.78, 5) is 30.9. The molecule has 8 nitrogen and oxygen atoms in total. The third-order valence-electron chi connectivity index (χ3n) is 5.57. The number of amides is 1. The minimum absolute atomic E-state index is 0.335. The highest BCUT2D eigenvalue weighted by atomic mass is 32.1. The maximum absolute atomic E-state index is 12.9. The molecule has 0 aliphatic carbocycles. The van der Waals surface area contributed by atoms with Crippen LogP contribution in [0.2, 0.25) is 0 Å². The fraction of sp³-hybridized carbons (Fsp3) is 0.154. The van der Waals surface area contributed by atoms with Crippen LogP contribution in [0.5, 0.6) is 5.75 Å². The van der Waals surface area contributed by atoms with Gasteiger partial charge in [0.15, 0.2) is 4.96 Å². The molecule has 1 N–H and O–H groups in total. The minimum atomic E-state index is -0.801. The first-order chi connectivity index (χ1) is 17.0. The van der Waals surface area contributed by atoms with Crippen molar-refractivity contribution >= 4 is 27.9 Å². The number of benzene rings is 2. The molecule has 0 aliphatic rings. The molecule has 0 saturated carbocycles. The number of carbonyl (C=O) groups is 1. The third-order valence-corrected chi connectivity index (χ3v) is 6.34. The number of hydrogen-bond donors (Lipinski definition) is 1. The molecule has 35 heavy (non-hydrogen) atoms. The lowest BCUT2D eigenvalue weighted by Gasteiger charge is -2.15. The summed E-state index contributed by atoms with van der Waals surface area (Å²) < 4.78 is 8.65. The van der Waals surface area contributed by atoms with Gasteiger partial charge in [0.05, 0.1) is 18.0 Å². The van der Waals surface area contributed by atoms with E-state index in [1.165, 1.54) is 10.7 Å². The molecule has 1 atom stereocenters. The van der Waals surface area contributed by atoms with Gasteiger partial charge in [-0.15, -0.1) is 11.3 Å². The van der Waals surface area contributed by atoms with Crippen LogP contribution in [-0.2, 0) is 4.79 Å². The predicted molar refractivity (Wildman–Crippen MR) is 137 cm³/mol. The quantitative estimate of drug-likeness (QED) is 0.355. The van der Waals surface area contributed by atoms with Gasteiger partial charge < -0.3 is 10.1 Å². The Morgan fingerprint density at radius 3 is 2.46 bits per heavy atom. The van der Waals surface area contributed by atoms with Gasteiger partial charge >= 0.3 is 0 Å². The van der Waals surface area contributed by atoms with Gasteiger partial charge in [0.1, 0.15) is 11.8 Å². The summed E-state index contributed by atoms with van der Waals surface area (Å²) in [5.41, 5.74) is 3.51. The van der Waals surface area contributed by atoms with Crippen molar-refractivity contribution in [3.05, 3.63) is 88.8 Å². The van der Waals surface area contributed by atoms with Gasteiger partial charge in [0.2, 0.25) is 5.91 Å². The highest BCUT2D eigenvalue weighted by molar-refractivity contribution is 7.15. The molecule has 1 unspecified atom stereocenters. The minimum Gasteiger partial charge on any atom is -0.494 e. The van der Waals surface area contributed by atoms with Gasteiger partial charge in [0.25, 0.3) is 5.56 Å². The number of aromatic nitrogens is 4. The van der Waals surface area contributed by atoms with E-state index < -0.39 is 6.04 Å². The van der Waals surface area contributed by atoms with Crippen molar-refractivity contribution < 1.29 is 9.53 Å². The standard InChI is InChI=1S/C26H23N5O3S/c1-3-34-21-10-6-18(7-11-21)22-12-13-24(32)31(29-22)17(2)25(33)27-20-8-4-19(5-9-20)23-16-30-14-15-35-26(30)28-23/h4-17H,3H2,1-2H3,(H,27,33). The molecule has 9 heteroatoms. The maximum Gasteiger partial charge on any atom is 0.267 e. The summed E-state index contributed by atoms with van der Waals surface area (Å²) in [5.74, 6) is 0.426. The number of anilines is 1. The smallest absolute Gasteiger partial charge is 0.267 e. The van der Waals surface area contributed by atoms with E-state index in [1.54, 1.807) is 24.3 Å². The Morgan fingerprint density at radius 1 is 1.03 bits per heavy atom. The maximum atomic E-state index is 12.9. The fourth-order valence-corrected chi connectivity index (χ4v) is 4.39. The number of carbonyl (C=O) groups excluding carboxylic acids is 1. The summed E-state index contributed by atoms with van der Waals surface area (Å²) >= 11 is 1.57. The lowest BCUT2D eigenvalue weighted by Crippen LogP contribution is -2.33. The first kappa shape index (κ1) is 22.5. The molecule has 0 radical (unpaired) electrons. The summed E-state index contributed by atoms with van der Waals surface area (Å²) in [6, 6.07) is 17.2. The van der Waals surface area contributed by atoms with Crippen molar-refractivity contribution in [2.75, 3.05) is 11.9 Å². The molecule has 1 amide bonds. The van der Waals surface area contributed by atoms with Crippen LogP contribution in [-0.4, -0.2) is 31.7 Å². The molecule has 5 rings (SSSR count). The Hall–Kier alpha value is -4.24. The average Bonchev–Trinajstić information content (AvgIpc) is 3.48. The van der Waals surface area contributed by atoms with Crippen LogP contribution >= 0.6 is 11.3 Å². The van der Waals surface area contributed by atoms with Crippen molar-refractivity contribution in [1.29, 1.82) is 0 Å². The Bertz CT molecular complexity index is 1510. The van der Waals surface area contributed by atoms with Crippen LogP contribution in [0.3, 0.4) is 0 Å². The lowest BCUT2D eigenvalue weighted by atomic mass is 10.1. The summed E-state index contributed by atoms with van der Waals surface area (Å²) in [7, 11) is 0. The molecule has 176 valence electrons. The summed E-state index contributed by atoms with van der Waals surface area (Å²) in [5, 5.41) is 9.30. The molecular formula is C26H23N5O3S. The second-order valence-electron chi connectivity index (χ2n) is 7.92. The topological polar surface area (TPSA) is 90.5 Å². The summed E-state index contributed by atoms with van der Waals surface area (Å²) in [6.07, 6.45) is 3.93. The van der Waals surface area contributed by atoms with Gasteiger partial charge in [-0.25, -0.2) is 9.67 Å². The monoisotopic (exact) mass is 485 g/mol. The Morgan fingerprint density at radius 2 is 1.74 bits per heavy atom. The molecule has 0 spiro atoms. The molecule has 3 heterocycles. The first-order valence-electron chi connectivity index (χ1n) is 11.2. The predicted octanol–water partition coefficient (Wildman–Crippen LogP) is 4.88. The molecule has 0 saturated heterocycles. The number of fused-ring (bicyclic) bond motifs is 1. The number of imidazole rings is 1. The van der Waals surface area contributed by atoms with Crippen LogP contribution in [0.1, 0.15) is 19.9 Å². The van der Waals surface area contributed by atoms with Gasteiger partial charge in [-0.3, -0.25) is 14.0 Å². The first-order valence-corrected chi connectivity index (χ1v) is 12.1. The van der Waals surface area contributed by atoms with Crippen LogP contribution in [0, 0.1) is 0 Å². The Labute approximate surface area is 205 Å². The number of nitrogens with zero attached hydrogens (tertiary/aromatic N) is 4. The number of nitrogens with one attached hydrogen (secondary N) is 1. The molecule has 5 aromatic rings. The number of thiazole rings is 1. The van der Waals surface area contributed by atoms with E-state index in [0.29, 0.717) is 18.0 Å². The Kier molecular flexibility index (Phi) is 6.15. The van der Waals surface area contributed by atoms with E-state index in [0.717, 1.165) is 27.5 Å². The molecule has 0 fully saturated rings. The second kappa shape index (κ2) is 9.55. The van der Waals surface area contributed by atoms with E-state index in [1.807, 2.05) is 77.6 Å². The molecule has 2 aromatic carbocycles. The summed E-state index contributed by atoms with van der Waals surface area (Å²) in [6.45, 7) is 4.16. The SMILES string of the molecule is CCOc1ccc(-c2ccc(=O)n(C(C)C(=O)Nc3ccc(-c4cn5ccsc5n4)cc3)n2)cc1. The van der Waals surface area contributed by atoms with E-state index in [-0.39, 0.29) is 11.5 Å². The van der Waals surface area contributed by atoms with Crippen LogP contribution in [0.15, 0.2) is 83.2 Å². The second-order valence-corrected chi connectivity index (χ2v) is 8.79. The van der Waals surface area contributed by atoms with Crippen LogP contribution in [0.25, 0.3) is 27.5 Å². The lowest BCUT2D eigenvalue weighted by molar-refractivity contribution is -0.119. The number of rotatable bonds is 7. The third kappa shape index (κ3) is 4.71. The zero-order valence-corrected chi connectivity index (χ0v) is 20.0. The van der Waals surface area contributed by atoms with Crippen LogP contribution in [0.4, 0.5) is 5.69 Å². The average molecular weight is 486 g/mol. The molecule has 0 aliphatic heterocycles. The Balaban J connectivity index is 1.31. The van der Waals surface area contributed by atoms with Gasteiger partial charge in [-0.2, -0.15) is 5.10 Å². The van der Waals surface area contributed by atoms with Gasteiger partial charge in [0, 0.05) is 40.7 Å². The van der Waals surface area contributed by atoms with Crippen molar-refractivity contribution in [1.82, 2.24) is 19.2 Å². The van der Waals surface area contributed by atoms with Crippen LogP contribution < -0.4 is 15.6 Å². The van der Waals surface area contributed by atoms with Crippen molar-refractivity contribution in [2.24, 2.45) is 0 Å². The normalized spacial score (nSPS) is 11.9. The molecule has 3 aromatic heterocycles. The zero-order chi connectivity index (χ0) is 24.4. The van der Waals surface area contributed by atoms with E-state index in [9.17, 15) is 9.59 Å². The zero-order valence-electron chi connectivity index (χ0n) is 19.2. The van der Waals surface area contributed by atoms with Crippen molar-refractivity contribution in [3.63, 3.8) is 0 Å². The molecular weight excluding hydrogens is 462 g/mol. The van der Waals surface area contributed by atoms with Crippen molar-refractivity contribution in [3.8, 4) is 28.3 Å². The van der Waals surface area contributed by atoms with Crippen molar-refractivity contribution in [2.45, 2.75) is 19.9 Å². The highest BCUT2D eigenvalue weighted by Crippen LogP contribution is 2.24. The fourth-order valence-electron chi connectivity index (χ4n) is 3.69. The number of hydrogen-bond acceptors (Lipinski definition) is 6. The van der Waals surface area contributed by atoms with E-state index >= 15 is 0 Å². The van der Waals surface area contributed by atoms with E-state index in [4.69, 9.17) is 4.74 Å². The molecule has 0 bridgehead atoms. The van der Waals surface area contributed by atoms with E-state index in [2.05, 4.69) is 15.4 Å². The highest BCUT2D eigenvalue weighted by Gasteiger charge is 2.18. The van der Waals surface area contributed by atoms with Gasteiger partial charge in [-0.1, -0.05) is 12.1 Å². The largest absolute Gasteiger partial charge is 0.494 e. The van der Waals surface area contributed by atoms with Gasteiger partial charge in [-0.05, 0) is 56.3 Å². The number of ether oxygens (including phenoxy) is 1.